The topological polar surface area (TPSA) is 146 Å². The number of aryl methyl sites for hydroxylation is 1. The van der Waals surface area contributed by atoms with Crippen molar-refractivity contribution in [3.63, 3.8) is 0 Å². The van der Waals surface area contributed by atoms with Gasteiger partial charge in [0.25, 0.3) is 0 Å². The van der Waals surface area contributed by atoms with Crippen LogP contribution in [0.15, 0.2) is 54.7 Å². The Balaban J connectivity index is 1.14. The number of imidazole rings is 2. The van der Waals surface area contributed by atoms with E-state index in [9.17, 15) is 14.4 Å². The van der Waals surface area contributed by atoms with Crippen LogP contribution in [0.3, 0.4) is 0 Å². The smallest absolute Gasteiger partial charge is 0.410 e. The van der Waals surface area contributed by atoms with Crippen LogP contribution in [0.2, 0.25) is 0 Å². The molecule has 4 aromatic rings. The van der Waals surface area contributed by atoms with Crippen LogP contribution >= 0.6 is 11.8 Å². The molecule has 2 aliphatic rings. The second kappa shape index (κ2) is 15.7. The lowest BCUT2D eigenvalue weighted by molar-refractivity contribution is -0.135. The number of carbonyl (C=O) groups is 3. The van der Waals surface area contributed by atoms with Gasteiger partial charge in [0, 0.05) is 29.6 Å². The molecule has 3 amide bonds. The Bertz CT molecular complexity index is 1910. The second-order valence-electron chi connectivity index (χ2n) is 15.2. The summed E-state index contributed by atoms with van der Waals surface area (Å²) in [5.41, 5.74) is 6.25. The lowest BCUT2D eigenvalue weighted by Gasteiger charge is -2.30. The van der Waals surface area contributed by atoms with Crippen LogP contribution in [0.25, 0.3) is 33.6 Å². The number of H-pyrrole nitrogens is 2. The Kier molecular flexibility index (Phi) is 11.2. The zero-order valence-corrected chi connectivity index (χ0v) is 32.7. The van der Waals surface area contributed by atoms with Gasteiger partial charge in [0.2, 0.25) is 5.91 Å². The highest BCUT2D eigenvalue weighted by Crippen LogP contribution is 2.38. The summed E-state index contributed by atoms with van der Waals surface area (Å²) >= 11 is 1.76. The number of amides is 3. The van der Waals surface area contributed by atoms with E-state index in [1.807, 2.05) is 52.6 Å². The molecule has 12 nitrogen and oxygen atoms in total. The first-order valence-corrected chi connectivity index (χ1v) is 19.5. The Morgan fingerprint density at radius 2 is 1.57 bits per heavy atom. The van der Waals surface area contributed by atoms with E-state index in [2.05, 4.69) is 70.1 Å². The Morgan fingerprint density at radius 3 is 2.17 bits per heavy atom. The molecule has 2 saturated heterocycles. The van der Waals surface area contributed by atoms with Gasteiger partial charge in [0.05, 0.1) is 36.8 Å². The van der Waals surface area contributed by atoms with Crippen molar-refractivity contribution in [2.75, 3.05) is 26.5 Å². The summed E-state index contributed by atoms with van der Waals surface area (Å²) in [5.74, 6) is 1.29. The van der Waals surface area contributed by atoms with Crippen molar-refractivity contribution in [3.8, 4) is 33.6 Å². The van der Waals surface area contributed by atoms with Crippen LogP contribution in [-0.4, -0.2) is 91.2 Å². The maximum Gasteiger partial charge on any atom is 0.410 e. The maximum absolute atomic E-state index is 13.6. The first-order chi connectivity index (χ1) is 25.3. The van der Waals surface area contributed by atoms with Crippen LogP contribution in [0.1, 0.15) is 83.3 Å². The largest absolute Gasteiger partial charge is 0.453 e. The van der Waals surface area contributed by atoms with Gasteiger partial charge in [-0.05, 0) is 75.8 Å². The molecule has 2 aromatic heterocycles. The van der Waals surface area contributed by atoms with Gasteiger partial charge in [-0.2, -0.15) is 11.8 Å². The fourth-order valence-electron chi connectivity index (χ4n) is 7.18. The number of hydrogen-bond acceptors (Lipinski definition) is 8. The average Bonchev–Trinajstić information content (AvgIpc) is 3.95. The number of alkyl carbamates (subject to hydrolysis) is 1. The number of benzene rings is 2. The molecular formula is C40H51N7O5S. The minimum absolute atomic E-state index is 0.0989. The third-order valence-corrected chi connectivity index (χ3v) is 11.0. The van der Waals surface area contributed by atoms with E-state index >= 15 is 0 Å². The predicted molar refractivity (Wildman–Crippen MR) is 207 cm³/mol. The third kappa shape index (κ3) is 8.40. The van der Waals surface area contributed by atoms with Gasteiger partial charge in [-0.25, -0.2) is 19.6 Å². The maximum atomic E-state index is 13.6. The molecule has 0 radical (unpaired) electrons. The van der Waals surface area contributed by atoms with Crippen LogP contribution in [0.4, 0.5) is 9.59 Å². The number of thioether (sulfide) groups is 1. The summed E-state index contributed by atoms with van der Waals surface area (Å²) in [6.07, 6.45) is 5.44. The highest BCUT2D eigenvalue weighted by atomic mass is 32.2. The summed E-state index contributed by atoms with van der Waals surface area (Å²) in [5, 5.41) is 3.03. The van der Waals surface area contributed by atoms with E-state index in [1.54, 1.807) is 16.7 Å². The minimum atomic E-state index is -0.682. The van der Waals surface area contributed by atoms with Crippen LogP contribution in [0.5, 0.6) is 0 Å². The molecule has 282 valence electrons. The van der Waals surface area contributed by atoms with Gasteiger partial charge in [-0.3, -0.25) is 9.69 Å². The van der Waals surface area contributed by atoms with Gasteiger partial charge >= 0.3 is 12.2 Å². The zero-order chi connectivity index (χ0) is 38.0. The van der Waals surface area contributed by atoms with Crippen molar-refractivity contribution in [2.45, 2.75) is 89.8 Å². The number of carbonyl (C=O) groups excluding carboxylic acids is 3. The summed E-state index contributed by atoms with van der Waals surface area (Å²) in [6, 6.07) is 15.6. The lowest BCUT2D eigenvalue weighted by Crippen LogP contribution is -2.51. The average molecular weight is 742 g/mol. The van der Waals surface area contributed by atoms with E-state index in [0.717, 1.165) is 70.2 Å². The molecule has 0 bridgehead atoms. The van der Waals surface area contributed by atoms with Crippen LogP contribution < -0.4 is 5.32 Å². The van der Waals surface area contributed by atoms with Crippen molar-refractivity contribution < 1.29 is 23.9 Å². The Labute approximate surface area is 315 Å². The van der Waals surface area contributed by atoms with Crippen LogP contribution in [-0.2, 0) is 14.3 Å². The van der Waals surface area contributed by atoms with Crippen molar-refractivity contribution in [3.05, 3.63) is 72.1 Å². The van der Waals surface area contributed by atoms with Gasteiger partial charge in [-0.1, -0.05) is 62.4 Å². The molecule has 4 atom stereocenters. The standard InChI is InChI=1S/C40H51N7O5S/c1-23(2)33(45-38(49)51-7)37(48)46-19-9-10-31(46)36-42-24(3)34(44-36)28-17-13-26(14-18-28)25-11-15-27(16-12-25)30-21-41-35(43-30)32-20-29(53-8)22-47(32)39(50)52-40(4,5)6/h11-18,21,23,29,31-33H,9-10,19-20,22H2,1-8H3,(H,41,43)(H,42,44)(H,45,49)/t29-,31-,32-,33-/m0/s1. The first-order valence-electron chi connectivity index (χ1n) is 18.3. The number of likely N-dealkylation sites (tertiary alicyclic amines) is 2. The van der Waals surface area contributed by atoms with Crippen molar-refractivity contribution >= 4 is 29.9 Å². The van der Waals surface area contributed by atoms with Crippen LogP contribution in [0, 0.1) is 12.8 Å². The van der Waals surface area contributed by atoms with Crippen molar-refractivity contribution in [1.82, 2.24) is 35.1 Å². The van der Waals surface area contributed by atoms with E-state index in [4.69, 9.17) is 19.4 Å². The molecule has 4 heterocycles. The highest BCUT2D eigenvalue weighted by Gasteiger charge is 2.40. The van der Waals surface area contributed by atoms with Gasteiger partial charge in [-0.15, -0.1) is 0 Å². The third-order valence-electron chi connectivity index (χ3n) is 9.97. The SMILES string of the molecule is COC(=O)N[C@H](C(=O)N1CCC[C@H]1c1nc(-c2ccc(-c3ccc(-c4cnc([C@@H]5C[C@H](SC)CN5C(=O)OC(C)(C)C)[nH]4)cc3)cc2)c(C)[nH]1)C(C)C. The van der Waals surface area contributed by atoms with Crippen molar-refractivity contribution in [1.29, 1.82) is 0 Å². The second-order valence-corrected chi connectivity index (χ2v) is 16.4. The minimum Gasteiger partial charge on any atom is -0.453 e. The van der Waals surface area contributed by atoms with E-state index in [1.165, 1.54) is 7.11 Å². The molecular weight excluding hydrogens is 691 g/mol. The molecule has 0 saturated carbocycles. The molecule has 2 aliphatic heterocycles. The molecule has 6 rings (SSSR count). The Hall–Kier alpha value is -4.78. The number of aromatic nitrogens is 4. The number of nitrogens with one attached hydrogen (secondary N) is 3. The van der Waals surface area contributed by atoms with Gasteiger partial charge in [0.15, 0.2) is 0 Å². The monoisotopic (exact) mass is 741 g/mol. The molecule has 53 heavy (non-hydrogen) atoms. The number of aromatic amines is 2. The number of hydrogen-bond donors (Lipinski definition) is 3. The first kappa shape index (κ1) is 38.0. The fraction of sp³-hybridized carbons (Fsp3) is 0.475. The molecule has 0 spiro atoms. The lowest BCUT2D eigenvalue weighted by atomic mass is 10.0. The molecule has 0 aliphatic carbocycles. The highest BCUT2D eigenvalue weighted by molar-refractivity contribution is 7.99. The summed E-state index contributed by atoms with van der Waals surface area (Å²) in [6.45, 7) is 12.7. The molecule has 3 N–H and O–H groups in total. The summed E-state index contributed by atoms with van der Waals surface area (Å²) in [4.78, 5) is 58.9. The van der Waals surface area contributed by atoms with Gasteiger partial charge < -0.3 is 29.7 Å². The molecule has 2 fully saturated rings. The quantitative estimate of drug-likeness (QED) is 0.157. The molecule has 2 aromatic carbocycles. The van der Waals surface area contributed by atoms with E-state index in [0.29, 0.717) is 18.3 Å². The zero-order valence-electron chi connectivity index (χ0n) is 31.9. The van der Waals surface area contributed by atoms with Gasteiger partial charge in [0.1, 0.15) is 23.3 Å². The molecule has 0 unspecified atom stereocenters. The number of methoxy groups -OCH3 is 1. The number of rotatable bonds is 9. The van der Waals surface area contributed by atoms with Crippen molar-refractivity contribution in [2.24, 2.45) is 5.92 Å². The molecule has 13 heteroatoms. The number of nitrogens with zero attached hydrogens (tertiary/aromatic N) is 4. The summed E-state index contributed by atoms with van der Waals surface area (Å²) in [7, 11) is 1.30. The Morgan fingerprint density at radius 1 is 0.925 bits per heavy atom. The summed E-state index contributed by atoms with van der Waals surface area (Å²) < 4.78 is 10.5. The van der Waals surface area contributed by atoms with E-state index in [-0.39, 0.29) is 30.0 Å². The van der Waals surface area contributed by atoms with E-state index < -0.39 is 17.7 Å². The normalized spacial score (nSPS) is 19.5. The number of ether oxygens (including phenoxy) is 2. The fourth-order valence-corrected chi connectivity index (χ4v) is 7.86. The predicted octanol–water partition coefficient (Wildman–Crippen LogP) is 7.90.